The van der Waals surface area contributed by atoms with Crippen LogP contribution in [0.3, 0.4) is 0 Å². The van der Waals surface area contributed by atoms with Crippen molar-refractivity contribution in [2.45, 2.75) is 30.5 Å². The fourth-order valence-electron chi connectivity index (χ4n) is 5.44. The van der Waals surface area contributed by atoms with Gasteiger partial charge in [0.15, 0.2) is 5.16 Å². The van der Waals surface area contributed by atoms with Gasteiger partial charge in [-0.05, 0) is 78.4 Å². The second-order valence-corrected chi connectivity index (χ2v) is 10.7. The molecular formula is C31H30N4O3S. The van der Waals surface area contributed by atoms with Gasteiger partial charge in [-0.15, -0.1) is 0 Å². The lowest BCUT2D eigenvalue weighted by molar-refractivity contribution is -0.130. The molecular weight excluding hydrogens is 508 g/mol. The Hall–Kier alpha value is -4.04. The van der Waals surface area contributed by atoms with Crippen molar-refractivity contribution in [1.82, 2.24) is 15.0 Å². The molecule has 2 heterocycles. The normalized spacial score (nSPS) is 19.7. The molecule has 0 spiro atoms. The van der Waals surface area contributed by atoms with E-state index in [1.165, 1.54) is 17.3 Å². The Kier molecular flexibility index (Phi) is 7.11. The molecule has 1 amide bonds. The lowest BCUT2D eigenvalue weighted by atomic mass is 9.77. The molecule has 1 saturated carbocycles. The maximum Gasteiger partial charge on any atom is 0.253 e. The van der Waals surface area contributed by atoms with Crippen LogP contribution in [0.25, 0.3) is 17.1 Å². The van der Waals surface area contributed by atoms with Gasteiger partial charge in [0, 0.05) is 5.92 Å². The second kappa shape index (κ2) is 11.0. The number of carbonyl (C=O) groups excluding carboxylic acids is 1. The quantitative estimate of drug-likeness (QED) is 0.272. The maximum absolute atomic E-state index is 13.7. The van der Waals surface area contributed by atoms with E-state index in [0.29, 0.717) is 0 Å². The zero-order valence-corrected chi connectivity index (χ0v) is 22.8. The maximum atomic E-state index is 13.7. The molecule has 39 heavy (non-hydrogen) atoms. The van der Waals surface area contributed by atoms with Gasteiger partial charge in [0.1, 0.15) is 11.5 Å². The number of carbonyl (C=O) groups is 1. The second-order valence-electron chi connectivity index (χ2n) is 9.73. The number of imidazole rings is 1. The SMILES string of the molecule is COc1ccc(/C=C2\CCCC3C2=NN(C(=O)CSc2nc4ccccc4[nH]2)C3c2ccc(OC)cc2)cc1. The van der Waals surface area contributed by atoms with Crippen LogP contribution in [0, 0.1) is 5.92 Å². The molecule has 6 rings (SSSR count). The highest BCUT2D eigenvalue weighted by Crippen LogP contribution is 2.45. The number of ether oxygens (including phenoxy) is 2. The summed E-state index contributed by atoms with van der Waals surface area (Å²) in [5.41, 5.74) is 6.22. The fraction of sp³-hybridized carbons (Fsp3) is 0.258. The minimum Gasteiger partial charge on any atom is -0.497 e. The number of para-hydroxylation sites is 2. The Bertz CT molecular complexity index is 1510. The van der Waals surface area contributed by atoms with E-state index < -0.39 is 0 Å². The van der Waals surface area contributed by atoms with Gasteiger partial charge in [-0.1, -0.05) is 48.2 Å². The van der Waals surface area contributed by atoms with Crippen LogP contribution in [0.4, 0.5) is 0 Å². The van der Waals surface area contributed by atoms with Crippen LogP contribution in [0.2, 0.25) is 0 Å². The highest BCUT2D eigenvalue weighted by atomic mass is 32.2. The zero-order chi connectivity index (χ0) is 26.8. The first-order chi connectivity index (χ1) is 19.1. The average molecular weight is 539 g/mol. The predicted octanol–water partition coefficient (Wildman–Crippen LogP) is 6.50. The lowest BCUT2D eigenvalue weighted by Gasteiger charge is -2.29. The van der Waals surface area contributed by atoms with Crippen molar-refractivity contribution >= 4 is 40.5 Å². The summed E-state index contributed by atoms with van der Waals surface area (Å²) in [6, 6.07) is 23.8. The molecule has 0 bridgehead atoms. The van der Waals surface area contributed by atoms with Crippen LogP contribution < -0.4 is 9.47 Å². The number of thioether (sulfide) groups is 1. The number of hydrogen-bond donors (Lipinski definition) is 1. The van der Waals surface area contributed by atoms with Crippen molar-refractivity contribution in [3.05, 3.63) is 89.5 Å². The highest BCUT2D eigenvalue weighted by Gasteiger charge is 2.43. The third-order valence-corrected chi connectivity index (χ3v) is 8.23. The molecule has 0 radical (unpaired) electrons. The number of fused-ring (bicyclic) bond motifs is 2. The molecule has 2 aliphatic rings. The summed E-state index contributed by atoms with van der Waals surface area (Å²) >= 11 is 1.41. The van der Waals surface area contributed by atoms with Crippen molar-refractivity contribution in [3.8, 4) is 11.5 Å². The fourth-order valence-corrected chi connectivity index (χ4v) is 6.17. The molecule has 1 aromatic heterocycles. The largest absolute Gasteiger partial charge is 0.497 e. The van der Waals surface area contributed by atoms with Crippen molar-refractivity contribution in [3.63, 3.8) is 0 Å². The Morgan fingerprint density at radius 2 is 1.74 bits per heavy atom. The molecule has 198 valence electrons. The molecule has 1 aliphatic heterocycles. The Morgan fingerprint density at radius 1 is 1.03 bits per heavy atom. The van der Waals surface area contributed by atoms with E-state index >= 15 is 0 Å². The third kappa shape index (κ3) is 5.16. The monoisotopic (exact) mass is 538 g/mol. The number of allylic oxidation sites excluding steroid dienone is 1. The van der Waals surface area contributed by atoms with E-state index in [1.54, 1.807) is 19.2 Å². The Labute approximate surface area is 231 Å². The molecule has 4 aromatic rings. The molecule has 1 aliphatic carbocycles. The number of H-pyrrole nitrogens is 1. The molecule has 8 heteroatoms. The van der Waals surface area contributed by atoms with Gasteiger partial charge in [0.25, 0.3) is 5.91 Å². The van der Waals surface area contributed by atoms with Crippen LogP contribution in [0.5, 0.6) is 11.5 Å². The molecule has 7 nitrogen and oxygen atoms in total. The summed E-state index contributed by atoms with van der Waals surface area (Å²) in [6.07, 6.45) is 5.17. The van der Waals surface area contributed by atoms with Crippen molar-refractivity contribution in [1.29, 1.82) is 0 Å². The number of hydrazone groups is 1. The summed E-state index contributed by atoms with van der Waals surface area (Å²) in [6.45, 7) is 0. The molecule has 2 atom stereocenters. The molecule has 3 aromatic carbocycles. The Balaban J connectivity index is 1.30. The van der Waals surface area contributed by atoms with Crippen molar-refractivity contribution < 1.29 is 14.3 Å². The van der Waals surface area contributed by atoms with Crippen LogP contribution in [-0.2, 0) is 4.79 Å². The van der Waals surface area contributed by atoms with Gasteiger partial charge in [-0.2, -0.15) is 5.10 Å². The number of amides is 1. The number of methoxy groups -OCH3 is 2. The lowest BCUT2D eigenvalue weighted by Crippen LogP contribution is -2.32. The average Bonchev–Trinajstić information content (AvgIpc) is 3.58. The van der Waals surface area contributed by atoms with Crippen LogP contribution >= 0.6 is 11.8 Å². The number of aromatic amines is 1. The molecule has 1 N–H and O–H groups in total. The zero-order valence-electron chi connectivity index (χ0n) is 22.0. The summed E-state index contributed by atoms with van der Waals surface area (Å²) in [4.78, 5) is 21.6. The van der Waals surface area contributed by atoms with Crippen LogP contribution in [0.1, 0.15) is 36.4 Å². The number of nitrogens with one attached hydrogen (secondary N) is 1. The predicted molar refractivity (Wildman–Crippen MR) is 155 cm³/mol. The topological polar surface area (TPSA) is 79.8 Å². The standard InChI is InChI=1S/C31H30N4O3S/c1-37-23-14-10-20(11-15-23)18-22-6-5-7-25-29(22)34-35(30(25)21-12-16-24(38-2)17-13-21)28(36)19-39-31-32-26-8-3-4-9-27(26)33-31/h3-4,8-18,25,30H,5-7,19H2,1-2H3,(H,32,33)/b22-18+. The molecule has 0 saturated heterocycles. The number of hydrogen-bond acceptors (Lipinski definition) is 6. The smallest absolute Gasteiger partial charge is 0.253 e. The van der Waals surface area contributed by atoms with Crippen molar-refractivity contribution in [2.75, 3.05) is 20.0 Å². The van der Waals surface area contributed by atoms with E-state index in [1.807, 2.05) is 48.5 Å². The minimum absolute atomic E-state index is 0.0352. The van der Waals surface area contributed by atoms with E-state index in [4.69, 9.17) is 14.6 Å². The van der Waals surface area contributed by atoms with Crippen LogP contribution in [0.15, 0.2) is 88.6 Å². The number of rotatable bonds is 7. The summed E-state index contributed by atoms with van der Waals surface area (Å²) in [5.74, 6) is 1.96. The minimum atomic E-state index is -0.158. The number of benzene rings is 3. The summed E-state index contributed by atoms with van der Waals surface area (Å²) in [7, 11) is 3.33. The van der Waals surface area contributed by atoms with Gasteiger partial charge in [0.2, 0.25) is 0 Å². The highest BCUT2D eigenvalue weighted by molar-refractivity contribution is 7.99. The third-order valence-electron chi connectivity index (χ3n) is 7.37. The molecule has 1 fully saturated rings. The van der Waals surface area contributed by atoms with Gasteiger partial charge in [-0.3, -0.25) is 4.79 Å². The Morgan fingerprint density at radius 3 is 2.46 bits per heavy atom. The van der Waals surface area contributed by atoms with Gasteiger partial charge >= 0.3 is 0 Å². The molecule has 2 unspecified atom stereocenters. The summed E-state index contributed by atoms with van der Waals surface area (Å²) < 4.78 is 10.7. The summed E-state index contributed by atoms with van der Waals surface area (Å²) in [5, 5.41) is 7.45. The first-order valence-corrected chi connectivity index (χ1v) is 14.1. The van der Waals surface area contributed by atoms with Gasteiger partial charge < -0.3 is 14.5 Å². The van der Waals surface area contributed by atoms with Crippen LogP contribution in [-0.4, -0.2) is 46.6 Å². The van der Waals surface area contributed by atoms with E-state index in [0.717, 1.165) is 63.8 Å². The van der Waals surface area contributed by atoms with Gasteiger partial charge in [0.05, 0.1) is 42.8 Å². The van der Waals surface area contributed by atoms with E-state index in [-0.39, 0.29) is 23.6 Å². The van der Waals surface area contributed by atoms with E-state index in [2.05, 4.69) is 40.3 Å². The van der Waals surface area contributed by atoms with E-state index in [9.17, 15) is 4.79 Å². The van der Waals surface area contributed by atoms with Gasteiger partial charge in [-0.25, -0.2) is 9.99 Å². The first kappa shape index (κ1) is 25.2. The first-order valence-electron chi connectivity index (χ1n) is 13.1. The van der Waals surface area contributed by atoms with Crippen molar-refractivity contribution in [2.24, 2.45) is 11.0 Å². The number of nitrogens with zero attached hydrogens (tertiary/aromatic N) is 3. The number of aromatic nitrogens is 2.